The molecule has 2 rings (SSSR count). The molecule has 0 fully saturated rings. The van der Waals surface area contributed by atoms with Crippen LogP contribution in [-0.4, -0.2) is 25.8 Å². The van der Waals surface area contributed by atoms with E-state index in [1.54, 1.807) is 17.2 Å². The zero-order valence-corrected chi connectivity index (χ0v) is 10.3. The molecule has 2 aromatic rings. The van der Waals surface area contributed by atoms with Crippen LogP contribution in [0.2, 0.25) is 0 Å². The minimum Gasteiger partial charge on any atom is -0.379 e. The Morgan fingerprint density at radius 3 is 2.76 bits per heavy atom. The quantitative estimate of drug-likeness (QED) is 0.875. The molecule has 1 atom stereocenters. The second-order valence-corrected chi connectivity index (χ2v) is 4.39. The first-order chi connectivity index (χ1) is 8.18. The first-order valence-corrected chi connectivity index (χ1v) is 5.75. The maximum absolute atomic E-state index is 4.33. The highest BCUT2D eigenvalue weighted by molar-refractivity contribution is 5.56. The van der Waals surface area contributed by atoms with Gasteiger partial charge in [-0.15, -0.1) is 0 Å². The maximum atomic E-state index is 4.33. The summed E-state index contributed by atoms with van der Waals surface area (Å²) in [6.45, 7) is 6.52. The summed E-state index contributed by atoms with van der Waals surface area (Å²) >= 11 is 0. The third-order valence-corrected chi connectivity index (χ3v) is 2.81. The molecule has 0 aliphatic rings. The first-order valence-electron chi connectivity index (χ1n) is 5.75. The SMILES string of the molecule is CC(C)C(C)Nc1cccnc1-n1cncn1. The molecule has 0 amide bonds. The van der Waals surface area contributed by atoms with Crippen molar-refractivity contribution in [3.8, 4) is 5.82 Å². The Morgan fingerprint density at radius 1 is 1.29 bits per heavy atom. The predicted molar refractivity (Wildman–Crippen MR) is 67.1 cm³/mol. The van der Waals surface area contributed by atoms with Crippen LogP contribution in [0.4, 0.5) is 5.69 Å². The van der Waals surface area contributed by atoms with Crippen molar-refractivity contribution in [2.75, 3.05) is 5.32 Å². The number of rotatable bonds is 4. The molecule has 0 spiro atoms. The summed E-state index contributed by atoms with van der Waals surface area (Å²) in [4.78, 5) is 8.27. The molecule has 0 saturated heterocycles. The Bertz CT molecular complexity index is 464. The van der Waals surface area contributed by atoms with Crippen LogP contribution in [0.1, 0.15) is 20.8 Å². The van der Waals surface area contributed by atoms with E-state index in [1.165, 1.54) is 6.33 Å². The fraction of sp³-hybridized carbons (Fsp3) is 0.417. The monoisotopic (exact) mass is 231 g/mol. The highest BCUT2D eigenvalue weighted by atomic mass is 15.3. The predicted octanol–water partition coefficient (Wildman–Crippen LogP) is 2.12. The molecule has 0 bridgehead atoms. The van der Waals surface area contributed by atoms with Gasteiger partial charge in [-0.25, -0.2) is 14.6 Å². The molecule has 17 heavy (non-hydrogen) atoms. The van der Waals surface area contributed by atoms with Gasteiger partial charge < -0.3 is 5.32 Å². The van der Waals surface area contributed by atoms with Gasteiger partial charge in [0.1, 0.15) is 12.7 Å². The minimum atomic E-state index is 0.376. The van der Waals surface area contributed by atoms with E-state index in [0.29, 0.717) is 12.0 Å². The molecule has 2 heterocycles. The van der Waals surface area contributed by atoms with Gasteiger partial charge >= 0.3 is 0 Å². The van der Waals surface area contributed by atoms with Crippen LogP contribution < -0.4 is 5.32 Å². The smallest absolute Gasteiger partial charge is 0.178 e. The van der Waals surface area contributed by atoms with E-state index in [4.69, 9.17) is 0 Å². The van der Waals surface area contributed by atoms with Gasteiger partial charge in [-0.1, -0.05) is 13.8 Å². The van der Waals surface area contributed by atoms with Gasteiger partial charge in [0.05, 0.1) is 5.69 Å². The van der Waals surface area contributed by atoms with Crippen molar-refractivity contribution in [3.05, 3.63) is 31.0 Å². The summed E-state index contributed by atoms with van der Waals surface area (Å²) in [5, 5.41) is 7.55. The fourth-order valence-corrected chi connectivity index (χ4v) is 1.42. The van der Waals surface area contributed by atoms with E-state index in [2.05, 4.69) is 41.2 Å². The number of hydrogen-bond acceptors (Lipinski definition) is 4. The van der Waals surface area contributed by atoms with E-state index < -0.39 is 0 Å². The number of nitrogens with one attached hydrogen (secondary N) is 1. The Morgan fingerprint density at radius 2 is 2.12 bits per heavy atom. The van der Waals surface area contributed by atoms with Crippen molar-refractivity contribution < 1.29 is 0 Å². The molecule has 5 heteroatoms. The number of anilines is 1. The lowest BCUT2D eigenvalue weighted by molar-refractivity contribution is 0.559. The fourth-order valence-electron chi connectivity index (χ4n) is 1.42. The van der Waals surface area contributed by atoms with Crippen molar-refractivity contribution in [3.63, 3.8) is 0 Å². The lowest BCUT2D eigenvalue weighted by Crippen LogP contribution is -2.22. The van der Waals surface area contributed by atoms with E-state index in [0.717, 1.165) is 11.5 Å². The molecule has 1 N–H and O–H groups in total. The first kappa shape index (κ1) is 11.6. The van der Waals surface area contributed by atoms with E-state index in [-0.39, 0.29) is 0 Å². The van der Waals surface area contributed by atoms with Crippen molar-refractivity contribution in [2.45, 2.75) is 26.8 Å². The van der Waals surface area contributed by atoms with Crippen LogP contribution in [-0.2, 0) is 0 Å². The molecule has 0 aliphatic heterocycles. The van der Waals surface area contributed by atoms with Gasteiger partial charge in [0.15, 0.2) is 5.82 Å². The number of aromatic nitrogens is 4. The number of pyridine rings is 1. The summed E-state index contributed by atoms with van der Waals surface area (Å²) in [5.41, 5.74) is 0.971. The Labute approximate surface area is 101 Å². The summed E-state index contributed by atoms with van der Waals surface area (Å²) < 4.78 is 1.66. The van der Waals surface area contributed by atoms with E-state index >= 15 is 0 Å². The van der Waals surface area contributed by atoms with E-state index in [9.17, 15) is 0 Å². The molecule has 2 aromatic heterocycles. The third-order valence-electron chi connectivity index (χ3n) is 2.81. The molecule has 90 valence electrons. The van der Waals surface area contributed by atoms with Gasteiger partial charge in [0.2, 0.25) is 0 Å². The van der Waals surface area contributed by atoms with E-state index in [1.807, 2.05) is 12.1 Å². The molecule has 5 nitrogen and oxygen atoms in total. The lowest BCUT2D eigenvalue weighted by Gasteiger charge is -2.20. The van der Waals surface area contributed by atoms with Gasteiger partial charge in [0, 0.05) is 12.2 Å². The van der Waals surface area contributed by atoms with Crippen LogP contribution in [0.15, 0.2) is 31.0 Å². The molecular formula is C12H17N5. The summed E-state index contributed by atoms with van der Waals surface area (Å²) in [5.74, 6) is 1.33. The van der Waals surface area contributed by atoms with Gasteiger partial charge in [-0.3, -0.25) is 0 Å². The van der Waals surface area contributed by atoms with Crippen LogP contribution in [0.3, 0.4) is 0 Å². The zero-order chi connectivity index (χ0) is 12.3. The van der Waals surface area contributed by atoms with Gasteiger partial charge in [-0.05, 0) is 25.0 Å². The van der Waals surface area contributed by atoms with Gasteiger partial charge in [-0.2, -0.15) is 5.10 Å². The second kappa shape index (κ2) is 4.95. The normalized spacial score (nSPS) is 12.7. The molecule has 1 unspecified atom stereocenters. The molecule has 0 radical (unpaired) electrons. The Balaban J connectivity index is 2.29. The average Bonchev–Trinajstić information content (AvgIpc) is 2.83. The summed E-state index contributed by atoms with van der Waals surface area (Å²) in [6, 6.07) is 4.29. The summed E-state index contributed by atoms with van der Waals surface area (Å²) in [7, 11) is 0. The summed E-state index contributed by atoms with van der Waals surface area (Å²) in [6.07, 6.45) is 4.90. The highest BCUT2D eigenvalue weighted by Crippen LogP contribution is 2.18. The average molecular weight is 231 g/mol. The second-order valence-electron chi connectivity index (χ2n) is 4.39. The van der Waals surface area contributed by atoms with Crippen LogP contribution >= 0.6 is 0 Å². The highest BCUT2D eigenvalue weighted by Gasteiger charge is 2.11. The third kappa shape index (κ3) is 2.61. The Kier molecular flexibility index (Phi) is 3.37. The van der Waals surface area contributed by atoms with Crippen LogP contribution in [0.25, 0.3) is 5.82 Å². The standard InChI is InChI=1S/C12H17N5/c1-9(2)10(3)16-11-5-4-6-14-12(11)17-8-13-7-15-17/h4-10,16H,1-3H3. The Hall–Kier alpha value is -1.91. The van der Waals surface area contributed by atoms with Crippen molar-refractivity contribution in [1.29, 1.82) is 0 Å². The zero-order valence-electron chi connectivity index (χ0n) is 10.3. The largest absolute Gasteiger partial charge is 0.379 e. The lowest BCUT2D eigenvalue weighted by atomic mass is 10.1. The molecule has 0 saturated carbocycles. The molecular weight excluding hydrogens is 214 g/mol. The van der Waals surface area contributed by atoms with Crippen molar-refractivity contribution in [1.82, 2.24) is 19.7 Å². The number of nitrogens with zero attached hydrogens (tertiary/aromatic N) is 4. The van der Waals surface area contributed by atoms with Crippen molar-refractivity contribution >= 4 is 5.69 Å². The molecule has 0 aromatic carbocycles. The van der Waals surface area contributed by atoms with Crippen LogP contribution in [0.5, 0.6) is 0 Å². The maximum Gasteiger partial charge on any atom is 0.178 e. The minimum absolute atomic E-state index is 0.376. The van der Waals surface area contributed by atoms with Crippen LogP contribution in [0, 0.1) is 5.92 Å². The van der Waals surface area contributed by atoms with Crippen molar-refractivity contribution in [2.24, 2.45) is 5.92 Å². The number of hydrogen-bond donors (Lipinski definition) is 1. The molecule has 0 aliphatic carbocycles. The topological polar surface area (TPSA) is 55.6 Å². The van der Waals surface area contributed by atoms with Gasteiger partial charge in [0.25, 0.3) is 0 Å².